The van der Waals surface area contributed by atoms with Crippen LogP contribution in [0.25, 0.3) is 22.3 Å². The van der Waals surface area contributed by atoms with Crippen molar-refractivity contribution in [1.29, 1.82) is 0 Å². The Morgan fingerprint density at radius 2 is 1.92 bits per heavy atom. The number of H-pyrrole nitrogens is 1. The predicted molar refractivity (Wildman–Crippen MR) is 102 cm³/mol. The Morgan fingerprint density at radius 1 is 1.12 bits per heavy atom. The topological polar surface area (TPSA) is 70.7 Å². The number of fused-ring (bicyclic) bond motifs is 1. The lowest BCUT2D eigenvalue weighted by Crippen LogP contribution is -2.12. The van der Waals surface area contributed by atoms with Gasteiger partial charge in [0, 0.05) is 22.3 Å². The van der Waals surface area contributed by atoms with Crippen LogP contribution in [-0.2, 0) is 6.54 Å². The summed E-state index contributed by atoms with van der Waals surface area (Å²) < 4.78 is 0.512. The minimum absolute atomic E-state index is 0.214. The van der Waals surface area contributed by atoms with E-state index < -0.39 is 0 Å². The highest BCUT2D eigenvalue weighted by molar-refractivity contribution is 7.15. The molecule has 2 N–H and O–H groups in total. The van der Waals surface area contributed by atoms with Gasteiger partial charge in [0.25, 0.3) is 5.56 Å². The van der Waals surface area contributed by atoms with Crippen LogP contribution in [0, 0.1) is 0 Å². The van der Waals surface area contributed by atoms with Crippen LogP contribution in [0.3, 0.4) is 0 Å². The van der Waals surface area contributed by atoms with Crippen LogP contribution in [0.4, 0.5) is 5.69 Å². The summed E-state index contributed by atoms with van der Waals surface area (Å²) in [5, 5.41) is 3.34. The zero-order chi connectivity index (χ0) is 17.2. The monoisotopic (exact) mass is 368 g/mol. The minimum atomic E-state index is -0.214. The van der Waals surface area contributed by atoms with Gasteiger partial charge in [0.15, 0.2) is 4.47 Å². The van der Waals surface area contributed by atoms with E-state index in [0.717, 1.165) is 27.2 Å². The number of aromatic nitrogens is 3. The van der Waals surface area contributed by atoms with Gasteiger partial charge in [0.05, 0.1) is 17.6 Å². The first-order valence-electron chi connectivity index (χ1n) is 7.63. The molecule has 124 valence electrons. The molecule has 0 radical (unpaired) electrons. The molecule has 0 unspecified atom stereocenters. The third-order valence-electron chi connectivity index (χ3n) is 3.76. The standard InChI is InChI=1S/C18H13ClN4OS/c19-18-21-10-11(25-18)9-20-13-6-2-1-5-12(13)16-17(24)23-15-8-4-3-7-14(15)22-16/h1-8,10,20H,9H2,(H,23,24). The number of nitrogens with zero attached hydrogens (tertiary/aromatic N) is 2. The van der Waals surface area contributed by atoms with Crippen LogP contribution < -0.4 is 10.9 Å². The van der Waals surface area contributed by atoms with Crippen molar-refractivity contribution in [3.8, 4) is 11.3 Å². The number of aromatic amines is 1. The number of anilines is 1. The number of rotatable bonds is 4. The fourth-order valence-corrected chi connectivity index (χ4v) is 3.52. The molecule has 4 rings (SSSR count). The van der Waals surface area contributed by atoms with Gasteiger partial charge in [-0.05, 0) is 18.2 Å². The Morgan fingerprint density at radius 3 is 2.76 bits per heavy atom. The molecule has 0 fully saturated rings. The Bertz CT molecular complexity index is 1110. The third-order valence-corrected chi connectivity index (χ3v) is 4.88. The molecule has 25 heavy (non-hydrogen) atoms. The van der Waals surface area contributed by atoms with Crippen molar-refractivity contribution in [2.75, 3.05) is 5.32 Å². The summed E-state index contributed by atoms with van der Waals surface area (Å²) in [6, 6.07) is 15.1. The SMILES string of the molecule is O=c1[nH]c2ccccc2nc1-c1ccccc1NCc1cnc(Cl)s1. The Balaban J connectivity index is 1.73. The maximum absolute atomic E-state index is 12.5. The zero-order valence-electron chi connectivity index (χ0n) is 13.0. The van der Waals surface area contributed by atoms with E-state index in [1.165, 1.54) is 11.3 Å². The Hall–Kier alpha value is -2.70. The fourth-order valence-electron chi connectivity index (χ4n) is 2.60. The lowest BCUT2D eigenvalue weighted by Gasteiger charge is -2.11. The van der Waals surface area contributed by atoms with Gasteiger partial charge in [-0.15, -0.1) is 11.3 Å². The van der Waals surface area contributed by atoms with E-state index >= 15 is 0 Å². The molecule has 0 atom stereocenters. The molecule has 4 aromatic rings. The summed E-state index contributed by atoms with van der Waals surface area (Å²) in [5.74, 6) is 0. The van der Waals surface area contributed by atoms with E-state index in [0.29, 0.717) is 16.7 Å². The molecule has 2 heterocycles. The number of hydrogen-bond acceptors (Lipinski definition) is 5. The van der Waals surface area contributed by atoms with E-state index in [2.05, 4.69) is 20.3 Å². The molecule has 0 spiro atoms. The van der Waals surface area contributed by atoms with Gasteiger partial charge < -0.3 is 10.3 Å². The predicted octanol–water partition coefficient (Wildman–Crippen LogP) is 4.31. The lowest BCUT2D eigenvalue weighted by molar-refractivity contribution is 1.17. The largest absolute Gasteiger partial charge is 0.380 e. The van der Waals surface area contributed by atoms with Crippen LogP contribution in [-0.4, -0.2) is 15.0 Å². The van der Waals surface area contributed by atoms with Crippen molar-refractivity contribution in [3.63, 3.8) is 0 Å². The average molecular weight is 369 g/mol. The molecular weight excluding hydrogens is 356 g/mol. The summed E-state index contributed by atoms with van der Waals surface area (Å²) in [6.45, 7) is 0.576. The molecule has 2 aromatic heterocycles. The molecule has 0 amide bonds. The molecule has 0 aliphatic rings. The van der Waals surface area contributed by atoms with Gasteiger partial charge >= 0.3 is 0 Å². The molecule has 0 saturated heterocycles. The van der Waals surface area contributed by atoms with Gasteiger partial charge in [-0.2, -0.15) is 0 Å². The average Bonchev–Trinajstić information content (AvgIpc) is 3.05. The molecule has 0 aliphatic carbocycles. The number of para-hydroxylation sites is 3. The number of benzene rings is 2. The normalized spacial score (nSPS) is 10.9. The van der Waals surface area contributed by atoms with Crippen LogP contribution in [0.1, 0.15) is 4.88 Å². The van der Waals surface area contributed by atoms with E-state index in [1.54, 1.807) is 6.20 Å². The van der Waals surface area contributed by atoms with E-state index in [9.17, 15) is 4.79 Å². The van der Waals surface area contributed by atoms with Crippen molar-refractivity contribution >= 4 is 39.7 Å². The maximum atomic E-state index is 12.5. The lowest BCUT2D eigenvalue weighted by atomic mass is 10.1. The second-order valence-electron chi connectivity index (χ2n) is 5.41. The van der Waals surface area contributed by atoms with Crippen molar-refractivity contribution in [3.05, 3.63) is 74.4 Å². The van der Waals surface area contributed by atoms with Gasteiger partial charge in [-0.3, -0.25) is 4.79 Å². The summed E-state index contributed by atoms with van der Waals surface area (Å²) in [7, 11) is 0. The van der Waals surface area contributed by atoms with Gasteiger partial charge in [-0.25, -0.2) is 9.97 Å². The van der Waals surface area contributed by atoms with E-state index in [1.807, 2.05) is 48.5 Å². The molecule has 7 heteroatoms. The number of halogens is 1. The summed E-state index contributed by atoms with van der Waals surface area (Å²) >= 11 is 7.29. The van der Waals surface area contributed by atoms with E-state index in [4.69, 9.17) is 11.6 Å². The quantitative estimate of drug-likeness (QED) is 0.563. The Labute approximate surface area is 152 Å². The van der Waals surface area contributed by atoms with Gasteiger partial charge in [-0.1, -0.05) is 41.9 Å². The molecule has 0 bridgehead atoms. The minimum Gasteiger partial charge on any atom is -0.380 e. The zero-order valence-corrected chi connectivity index (χ0v) is 14.6. The van der Waals surface area contributed by atoms with Crippen molar-refractivity contribution in [2.24, 2.45) is 0 Å². The second kappa shape index (κ2) is 6.66. The van der Waals surface area contributed by atoms with Crippen molar-refractivity contribution in [1.82, 2.24) is 15.0 Å². The number of nitrogens with one attached hydrogen (secondary N) is 2. The molecule has 0 saturated carbocycles. The molecule has 2 aromatic carbocycles. The van der Waals surface area contributed by atoms with Gasteiger partial charge in [0.2, 0.25) is 0 Å². The number of thiazole rings is 1. The summed E-state index contributed by atoms with van der Waals surface area (Å²) in [5.41, 5.74) is 3.24. The number of hydrogen-bond donors (Lipinski definition) is 2. The third kappa shape index (κ3) is 3.26. The van der Waals surface area contributed by atoms with Crippen LogP contribution >= 0.6 is 22.9 Å². The molecule has 5 nitrogen and oxygen atoms in total. The maximum Gasteiger partial charge on any atom is 0.275 e. The van der Waals surface area contributed by atoms with Crippen LogP contribution in [0.5, 0.6) is 0 Å². The Kier molecular flexibility index (Phi) is 4.21. The van der Waals surface area contributed by atoms with Gasteiger partial charge in [0.1, 0.15) is 5.69 Å². The summed E-state index contributed by atoms with van der Waals surface area (Å²) in [4.78, 5) is 25.0. The highest BCUT2D eigenvalue weighted by Gasteiger charge is 2.12. The first-order valence-corrected chi connectivity index (χ1v) is 8.83. The first-order chi connectivity index (χ1) is 12.2. The second-order valence-corrected chi connectivity index (χ2v) is 7.11. The van der Waals surface area contributed by atoms with Crippen molar-refractivity contribution < 1.29 is 0 Å². The summed E-state index contributed by atoms with van der Waals surface area (Å²) in [6.07, 6.45) is 1.74. The highest BCUT2D eigenvalue weighted by atomic mass is 35.5. The van der Waals surface area contributed by atoms with Crippen molar-refractivity contribution in [2.45, 2.75) is 6.54 Å². The fraction of sp³-hybridized carbons (Fsp3) is 0.0556. The smallest absolute Gasteiger partial charge is 0.275 e. The molecule has 0 aliphatic heterocycles. The van der Waals surface area contributed by atoms with E-state index in [-0.39, 0.29) is 5.56 Å². The first kappa shape index (κ1) is 15.8. The van der Waals surface area contributed by atoms with Crippen LogP contribution in [0.2, 0.25) is 4.47 Å². The van der Waals surface area contributed by atoms with Crippen LogP contribution in [0.15, 0.2) is 59.5 Å². The molecular formula is C18H13ClN4OS. The highest BCUT2D eigenvalue weighted by Crippen LogP contribution is 2.26.